The Morgan fingerprint density at radius 1 is 1.44 bits per heavy atom. The fraction of sp³-hybridized carbons (Fsp3) is 0.800. The van der Waals surface area contributed by atoms with Gasteiger partial charge in [0, 0.05) is 13.3 Å². The number of hydrogen-bond acceptors (Lipinski definition) is 4. The second kappa shape index (κ2) is 5.65. The number of thiol groups is 1. The molecular formula is C10H17NO4S. The minimum absolute atomic E-state index is 0.252. The highest BCUT2D eigenvalue weighted by atomic mass is 32.1. The summed E-state index contributed by atoms with van der Waals surface area (Å²) in [5, 5.41) is 2.24. The second-order valence-corrected chi connectivity index (χ2v) is 4.43. The molecule has 1 unspecified atom stereocenters. The second-order valence-electron chi connectivity index (χ2n) is 4.03. The number of nitrogens with one attached hydrogen (secondary N) is 1. The predicted octanol–water partition coefficient (Wildman–Crippen LogP) is 0.491. The molecule has 1 rings (SSSR count). The van der Waals surface area contributed by atoms with Gasteiger partial charge in [0.15, 0.2) is 6.29 Å². The first-order valence-corrected chi connectivity index (χ1v) is 5.64. The molecule has 1 amide bonds. The average Bonchev–Trinajstić information content (AvgIpc) is 2.65. The smallest absolute Gasteiger partial charge is 0.217 e. The van der Waals surface area contributed by atoms with Gasteiger partial charge in [-0.1, -0.05) is 0 Å². The van der Waals surface area contributed by atoms with Gasteiger partial charge in [-0.2, -0.15) is 0 Å². The van der Waals surface area contributed by atoms with E-state index in [0.29, 0.717) is 26.1 Å². The van der Waals surface area contributed by atoms with Gasteiger partial charge in [0.05, 0.1) is 13.2 Å². The minimum Gasteiger partial charge on any atom is -0.350 e. The van der Waals surface area contributed by atoms with E-state index in [9.17, 15) is 9.59 Å². The molecule has 0 saturated carbocycles. The quantitative estimate of drug-likeness (QED) is 0.694. The molecule has 1 aliphatic rings. The van der Waals surface area contributed by atoms with Crippen molar-refractivity contribution in [2.24, 2.45) is 0 Å². The molecule has 1 heterocycles. The molecule has 0 aromatic heterocycles. The topological polar surface area (TPSA) is 64.6 Å². The van der Waals surface area contributed by atoms with Crippen molar-refractivity contribution < 1.29 is 19.1 Å². The first-order chi connectivity index (χ1) is 7.44. The van der Waals surface area contributed by atoms with Gasteiger partial charge < -0.3 is 14.8 Å². The van der Waals surface area contributed by atoms with E-state index < -0.39 is 5.54 Å². The van der Waals surface area contributed by atoms with Crippen LogP contribution in [0.25, 0.3) is 0 Å². The number of ether oxygens (including phenoxy) is 2. The maximum atomic E-state index is 11.4. The van der Waals surface area contributed by atoms with E-state index in [1.165, 1.54) is 6.92 Å². The lowest BCUT2D eigenvalue weighted by Crippen LogP contribution is -2.50. The van der Waals surface area contributed by atoms with Gasteiger partial charge in [-0.05, 0) is 13.3 Å². The summed E-state index contributed by atoms with van der Waals surface area (Å²) in [6.45, 7) is 4.18. The number of carbonyl (C=O) groups excluding carboxylic acids is 2. The molecule has 0 spiro atoms. The Balaban J connectivity index is 2.49. The summed E-state index contributed by atoms with van der Waals surface area (Å²) in [6, 6.07) is 0. The lowest BCUT2D eigenvalue weighted by atomic mass is 9.97. The minimum atomic E-state index is -0.954. The molecule has 1 saturated heterocycles. The van der Waals surface area contributed by atoms with Crippen LogP contribution < -0.4 is 5.32 Å². The molecule has 1 fully saturated rings. The van der Waals surface area contributed by atoms with Crippen LogP contribution >= 0.6 is 12.6 Å². The van der Waals surface area contributed by atoms with E-state index in [1.807, 2.05) is 0 Å². The van der Waals surface area contributed by atoms with Crippen molar-refractivity contribution in [3.8, 4) is 0 Å². The van der Waals surface area contributed by atoms with E-state index in [1.54, 1.807) is 6.92 Å². The van der Waals surface area contributed by atoms with E-state index in [2.05, 4.69) is 17.9 Å². The Morgan fingerprint density at radius 2 is 2.00 bits per heavy atom. The molecule has 6 heteroatoms. The SMILES string of the molecule is CC(=O)NC(C)(CCC1OCCO1)C(=O)S. The van der Waals surface area contributed by atoms with Crippen molar-refractivity contribution >= 4 is 23.7 Å². The van der Waals surface area contributed by atoms with E-state index in [-0.39, 0.29) is 17.3 Å². The van der Waals surface area contributed by atoms with Crippen LogP contribution in [-0.2, 0) is 19.1 Å². The van der Waals surface area contributed by atoms with Crippen LogP contribution in [0, 0.1) is 0 Å². The zero-order chi connectivity index (χ0) is 12.2. The van der Waals surface area contributed by atoms with Crippen molar-refractivity contribution in [1.29, 1.82) is 0 Å². The Labute approximate surface area is 100 Å². The molecule has 16 heavy (non-hydrogen) atoms. The first-order valence-electron chi connectivity index (χ1n) is 5.19. The molecule has 1 N–H and O–H groups in total. The number of hydrogen-bond donors (Lipinski definition) is 2. The normalized spacial score (nSPS) is 20.4. The molecule has 0 bridgehead atoms. The van der Waals surface area contributed by atoms with Gasteiger partial charge in [-0.3, -0.25) is 9.59 Å². The predicted molar refractivity (Wildman–Crippen MR) is 61.1 cm³/mol. The maximum Gasteiger partial charge on any atom is 0.217 e. The standard InChI is InChI=1S/C10H17NO4S/c1-7(12)11-10(2,9(13)16)4-3-8-14-5-6-15-8/h8H,3-6H2,1-2H3,(H,11,12)(H,13,16). The summed E-state index contributed by atoms with van der Waals surface area (Å²) in [4.78, 5) is 22.4. The summed E-state index contributed by atoms with van der Waals surface area (Å²) in [5.41, 5.74) is -0.954. The van der Waals surface area contributed by atoms with Crippen molar-refractivity contribution in [3.05, 3.63) is 0 Å². The van der Waals surface area contributed by atoms with Crippen molar-refractivity contribution in [1.82, 2.24) is 5.32 Å². The van der Waals surface area contributed by atoms with Crippen LogP contribution in [0.1, 0.15) is 26.7 Å². The summed E-state index contributed by atoms with van der Waals surface area (Å²) >= 11 is 3.79. The molecular weight excluding hydrogens is 230 g/mol. The summed E-state index contributed by atoms with van der Waals surface area (Å²) in [5.74, 6) is -0.252. The Kier molecular flexibility index (Phi) is 4.76. The number of rotatable bonds is 5. The maximum absolute atomic E-state index is 11.4. The lowest BCUT2D eigenvalue weighted by Gasteiger charge is -2.27. The van der Waals surface area contributed by atoms with Gasteiger partial charge in [0.2, 0.25) is 11.0 Å². The molecule has 5 nitrogen and oxygen atoms in total. The number of amides is 1. The molecule has 0 aromatic carbocycles. The third-order valence-electron chi connectivity index (χ3n) is 2.49. The van der Waals surface area contributed by atoms with E-state index >= 15 is 0 Å². The Morgan fingerprint density at radius 3 is 2.44 bits per heavy atom. The zero-order valence-corrected chi connectivity index (χ0v) is 10.4. The first kappa shape index (κ1) is 13.5. The molecule has 1 aliphatic heterocycles. The summed E-state index contributed by atoms with van der Waals surface area (Å²) in [7, 11) is 0. The highest BCUT2D eigenvalue weighted by molar-refractivity contribution is 7.96. The van der Waals surface area contributed by atoms with Gasteiger partial charge in [-0.15, -0.1) is 12.6 Å². The molecule has 1 atom stereocenters. The van der Waals surface area contributed by atoms with Crippen LogP contribution in [-0.4, -0.2) is 36.1 Å². The Hall–Kier alpha value is -0.590. The summed E-state index contributed by atoms with van der Waals surface area (Å²) < 4.78 is 10.5. The van der Waals surface area contributed by atoms with Crippen LogP contribution in [0.15, 0.2) is 0 Å². The van der Waals surface area contributed by atoms with E-state index in [4.69, 9.17) is 9.47 Å². The van der Waals surface area contributed by atoms with Gasteiger partial charge >= 0.3 is 0 Å². The number of carbonyl (C=O) groups is 2. The van der Waals surface area contributed by atoms with Gasteiger partial charge in [0.25, 0.3) is 0 Å². The zero-order valence-electron chi connectivity index (χ0n) is 9.49. The third kappa shape index (κ3) is 3.77. The van der Waals surface area contributed by atoms with Gasteiger partial charge in [0.1, 0.15) is 5.54 Å². The molecule has 0 radical (unpaired) electrons. The third-order valence-corrected chi connectivity index (χ3v) is 2.99. The molecule has 0 aliphatic carbocycles. The van der Waals surface area contributed by atoms with Crippen LogP contribution in [0.5, 0.6) is 0 Å². The van der Waals surface area contributed by atoms with Crippen molar-refractivity contribution in [3.63, 3.8) is 0 Å². The molecule has 92 valence electrons. The fourth-order valence-electron chi connectivity index (χ4n) is 1.59. The summed E-state index contributed by atoms with van der Waals surface area (Å²) in [6.07, 6.45) is 0.726. The van der Waals surface area contributed by atoms with Gasteiger partial charge in [-0.25, -0.2) is 0 Å². The highest BCUT2D eigenvalue weighted by Crippen LogP contribution is 2.20. The lowest BCUT2D eigenvalue weighted by molar-refractivity contribution is -0.127. The monoisotopic (exact) mass is 247 g/mol. The van der Waals surface area contributed by atoms with E-state index in [0.717, 1.165) is 0 Å². The largest absolute Gasteiger partial charge is 0.350 e. The molecule has 0 aromatic rings. The Bertz CT molecular complexity index is 278. The highest BCUT2D eigenvalue weighted by Gasteiger charge is 2.33. The van der Waals surface area contributed by atoms with Crippen LogP contribution in [0.3, 0.4) is 0 Å². The average molecular weight is 247 g/mol. The fourth-order valence-corrected chi connectivity index (χ4v) is 1.76. The van der Waals surface area contributed by atoms with Crippen LogP contribution in [0.2, 0.25) is 0 Å². The van der Waals surface area contributed by atoms with Crippen LogP contribution in [0.4, 0.5) is 0 Å². The van der Waals surface area contributed by atoms with Crippen molar-refractivity contribution in [2.75, 3.05) is 13.2 Å². The van der Waals surface area contributed by atoms with Crippen molar-refractivity contribution in [2.45, 2.75) is 38.5 Å².